The Morgan fingerprint density at radius 2 is 2.25 bits per heavy atom. The molecule has 0 aromatic carbocycles. The lowest BCUT2D eigenvalue weighted by Gasteiger charge is -2.21. The van der Waals surface area contributed by atoms with E-state index in [0.29, 0.717) is 11.6 Å². The van der Waals surface area contributed by atoms with Crippen LogP contribution in [0.4, 0.5) is 0 Å². The number of hydrogen-bond donors (Lipinski definition) is 1. The van der Waals surface area contributed by atoms with Crippen LogP contribution in [0.2, 0.25) is 0 Å². The maximum atomic E-state index is 11.7. The molecule has 1 N–H and O–H groups in total. The summed E-state index contributed by atoms with van der Waals surface area (Å²) in [6.07, 6.45) is 8.26. The molecule has 0 unspecified atom stereocenters. The molecule has 1 aromatic rings. The van der Waals surface area contributed by atoms with E-state index in [-0.39, 0.29) is 5.91 Å². The van der Waals surface area contributed by atoms with E-state index in [9.17, 15) is 4.79 Å². The van der Waals surface area contributed by atoms with Crippen LogP contribution in [0.1, 0.15) is 42.6 Å². The van der Waals surface area contributed by atoms with E-state index < -0.39 is 0 Å². The van der Waals surface area contributed by atoms with Gasteiger partial charge in [-0.2, -0.15) is 5.10 Å². The van der Waals surface area contributed by atoms with Gasteiger partial charge in [0.15, 0.2) is 0 Å². The summed E-state index contributed by atoms with van der Waals surface area (Å²) in [6, 6.07) is 1.75. The first kappa shape index (κ1) is 11.2. The number of aryl methyl sites for hydroxylation is 1. The third-order valence-electron chi connectivity index (χ3n) is 3.22. The molecule has 0 aliphatic heterocycles. The van der Waals surface area contributed by atoms with E-state index in [1.165, 1.54) is 32.1 Å². The molecule has 88 valence electrons. The standard InChI is InChI=1S/C12H19N3O/c1-15-8-7-11(14-15)12(16)13-9-10-5-3-2-4-6-10/h7-8,10H,2-6,9H2,1H3,(H,13,16). The molecule has 4 nitrogen and oxygen atoms in total. The number of rotatable bonds is 3. The summed E-state index contributed by atoms with van der Waals surface area (Å²) in [5, 5.41) is 7.05. The van der Waals surface area contributed by atoms with E-state index >= 15 is 0 Å². The number of nitrogens with zero attached hydrogens (tertiary/aromatic N) is 2. The molecule has 0 spiro atoms. The van der Waals surface area contributed by atoms with Gasteiger partial charge in [0.1, 0.15) is 5.69 Å². The Kier molecular flexibility index (Phi) is 3.59. The van der Waals surface area contributed by atoms with Crippen molar-refractivity contribution in [2.24, 2.45) is 13.0 Å². The number of aromatic nitrogens is 2. The van der Waals surface area contributed by atoms with E-state index in [4.69, 9.17) is 0 Å². The van der Waals surface area contributed by atoms with Crippen molar-refractivity contribution in [3.8, 4) is 0 Å². The van der Waals surface area contributed by atoms with Crippen molar-refractivity contribution in [3.05, 3.63) is 18.0 Å². The molecule has 2 rings (SSSR count). The summed E-state index contributed by atoms with van der Waals surface area (Å²) < 4.78 is 1.65. The first-order valence-electron chi connectivity index (χ1n) is 6.03. The minimum atomic E-state index is -0.0498. The fourth-order valence-electron chi connectivity index (χ4n) is 2.26. The zero-order valence-corrected chi connectivity index (χ0v) is 9.78. The average molecular weight is 221 g/mol. The molecule has 1 fully saturated rings. The second-order valence-electron chi connectivity index (χ2n) is 4.59. The summed E-state index contributed by atoms with van der Waals surface area (Å²) in [6.45, 7) is 0.801. The fraction of sp³-hybridized carbons (Fsp3) is 0.667. The second kappa shape index (κ2) is 5.14. The Labute approximate surface area is 96.0 Å². The average Bonchev–Trinajstić information content (AvgIpc) is 2.74. The quantitative estimate of drug-likeness (QED) is 0.845. The van der Waals surface area contributed by atoms with E-state index in [1.54, 1.807) is 16.9 Å². The number of hydrogen-bond acceptors (Lipinski definition) is 2. The minimum absolute atomic E-state index is 0.0498. The molecule has 1 aliphatic carbocycles. The van der Waals surface area contributed by atoms with Gasteiger partial charge in [0.05, 0.1) is 0 Å². The van der Waals surface area contributed by atoms with Gasteiger partial charge in [-0.3, -0.25) is 9.48 Å². The van der Waals surface area contributed by atoms with E-state index in [1.807, 2.05) is 7.05 Å². The molecule has 1 aliphatic rings. The second-order valence-corrected chi connectivity index (χ2v) is 4.59. The van der Waals surface area contributed by atoms with Crippen molar-refractivity contribution < 1.29 is 4.79 Å². The number of carbonyl (C=O) groups excluding carboxylic acids is 1. The Hall–Kier alpha value is -1.32. The third-order valence-corrected chi connectivity index (χ3v) is 3.22. The largest absolute Gasteiger partial charge is 0.350 e. The maximum absolute atomic E-state index is 11.7. The van der Waals surface area contributed by atoms with Crippen LogP contribution in [0, 0.1) is 5.92 Å². The van der Waals surface area contributed by atoms with Crippen LogP contribution in [-0.2, 0) is 7.05 Å². The monoisotopic (exact) mass is 221 g/mol. The van der Waals surface area contributed by atoms with Crippen molar-refractivity contribution in [1.82, 2.24) is 15.1 Å². The van der Waals surface area contributed by atoms with Gasteiger partial charge in [-0.05, 0) is 24.8 Å². The highest BCUT2D eigenvalue weighted by Crippen LogP contribution is 2.22. The first-order chi connectivity index (χ1) is 7.75. The van der Waals surface area contributed by atoms with Gasteiger partial charge in [-0.15, -0.1) is 0 Å². The van der Waals surface area contributed by atoms with Gasteiger partial charge in [-0.25, -0.2) is 0 Å². The number of nitrogens with one attached hydrogen (secondary N) is 1. The van der Waals surface area contributed by atoms with E-state index in [0.717, 1.165) is 6.54 Å². The molecule has 0 bridgehead atoms. The Morgan fingerprint density at radius 1 is 1.50 bits per heavy atom. The topological polar surface area (TPSA) is 46.9 Å². The van der Waals surface area contributed by atoms with Crippen LogP contribution in [0.15, 0.2) is 12.3 Å². The van der Waals surface area contributed by atoms with Gasteiger partial charge >= 0.3 is 0 Å². The zero-order valence-electron chi connectivity index (χ0n) is 9.78. The molecule has 0 saturated heterocycles. The molecule has 1 aromatic heterocycles. The minimum Gasteiger partial charge on any atom is -0.350 e. The van der Waals surface area contributed by atoms with Gasteiger partial charge < -0.3 is 5.32 Å². The zero-order chi connectivity index (χ0) is 11.4. The van der Waals surface area contributed by atoms with Crippen LogP contribution < -0.4 is 5.32 Å². The SMILES string of the molecule is Cn1ccc(C(=O)NCC2CCCCC2)n1. The van der Waals surface area contributed by atoms with Crippen molar-refractivity contribution in [2.75, 3.05) is 6.54 Å². The Morgan fingerprint density at radius 3 is 2.88 bits per heavy atom. The number of carbonyl (C=O) groups is 1. The van der Waals surface area contributed by atoms with Crippen molar-refractivity contribution >= 4 is 5.91 Å². The van der Waals surface area contributed by atoms with Gasteiger partial charge in [-0.1, -0.05) is 19.3 Å². The molecule has 1 saturated carbocycles. The molecular weight excluding hydrogens is 202 g/mol. The van der Waals surface area contributed by atoms with Crippen molar-refractivity contribution in [3.63, 3.8) is 0 Å². The van der Waals surface area contributed by atoms with Crippen LogP contribution >= 0.6 is 0 Å². The Bertz CT molecular complexity index is 353. The van der Waals surface area contributed by atoms with Crippen molar-refractivity contribution in [2.45, 2.75) is 32.1 Å². The summed E-state index contributed by atoms with van der Waals surface area (Å²) in [4.78, 5) is 11.7. The molecular formula is C12H19N3O. The normalized spacial score (nSPS) is 17.3. The molecule has 0 radical (unpaired) electrons. The van der Waals surface area contributed by atoms with Crippen LogP contribution in [0.3, 0.4) is 0 Å². The molecule has 0 atom stereocenters. The van der Waals surface area contributed by atoms with E-state index in [2.05, 4.69) is 10.4 Å². The predicted molar refractivity (Wildman–Crippen MR) is 62.1 cm³/mol. The van der Waals surface area contributed by atoms with Crippen LogP contribution in [-0.4, -0.2) is 22.2 Å². The first-order valence-corrected chi connectivity index (χ1v) is 6.03. The summed E-state index contributed by atoms with van der Waals surface area (Å²) in [5.41, 5.74) is 0.512. The van der Waals surface area contributed by atoms with Crippen molar-refractivity contribution in [1.29, 1.82) is 0 Å². The summed E-state index contributed by atoms with van der Waals surface area (Å²) in [5.74, 6) is 0.618. The smallest absolute Gasteiger partial charge is 0.271 e. The predicted octanol–water partition coefficient (Wildman–Crippen LogP) is 1.73. The Balaban J connectivity index is 1.79. The van der Waals surface area contributed by atoms with Crippen LogP contribution in [0.5, 0.6) is 0 Å². The van der Waals surface area contributed by atoms with Gasteiger partial charge in [0.2, 0.25) is 0 Å². The molecule has 4 heteroatoms. The summed E-state index contributed by atoms with van der Waals surface area (Å²) >= 11 is 0. The van der Waals surface area contributed by atoms with Gasteiger partial charge in [0, 0.05) is 19.8 Å². The molecule has 16 heavy (non-hydrogen) atoms. The lowest BCUT2D eigenvalue weighted by Crippen LogP contribution is -2.30. The van der Waals surface area contributed by atoms with Gasteiger partial charge in [0.25, 0.3) is 5.91 Å². The van der Waals surface area contributed by atoms with Crippen LogP contribution in [0.25, 0.3) is 0 Å². The highest BCUT2D eigenvalue weighted by Gasteiger charge is 2.15. The lowest BCUT2D eigenvalue weighted by atomic mass is 9.89. The molecule has 1 amide bonds. The third kappa shape index (κ3) is 2.84. The highest BCUT2D eigenvalue weighted by molar-refractivity contribution is 5.92. The summed E-state index contributed by atoms with van der Waals surface area (Å²) in [7, 11) is 1.82. The number of amides is 1. The fourth-order valence-corrected chi connectivity index (χ4v) is 2.26. The lowest BCUT2D eigenvalue weighted by molar-refractivity contribution is 0.0938. The molecule has 1 heterocycles. The maximum Gasteiger partial charge on any atom is 0.271 e. The highest BCUT2D eigenvalue weighted by atomic mass is 16.1.